The van der Waals surface area contributed by atoms with Crippen LogP contribution in [-0.4, -0.2) is 30.8 Å². The van der Waals surface area contributed by atoms with Crippen LogP contribution in [0, 0.1) is 17.2 Å². The van der Waals surface area contributed by atoms with Crippen molar-refractivity contribution in [3.05, 3.63) is 22.8 Å². The minimum Gasteiger partial charge on any atom is -0.381 e. The summed E-state index contributed by atoms with van der Waals surface area (Å²) in [5.74, 6) is 1.31. The molecule has 3 heterocycles. The van der Waals surface area contributed by atoms with Gasteiger partial charge in [-0.3, -0.25) is 0 Å². The minimum absolute atomic E-state index is 0.439. The first-order valence-electron chi connectivity index (χ1n) is 7.20. The van der Waals surface area contributed by atoms with E-state index in [9.17, 15) is 0 Å². The van der Waals surface area contributed by atoms with E-state index in [4.69, 9.17) is 21.6 Å². The van der Waals surface area contributed by atoms with E-state index in [2.05, 4.69) is 16.0 Å². The van der Waals surface area contributed by atoms with Crippen molar-refractivity contribution in [3.8, 4) is 6.07 Å². The van der Waals surface area contributed by atoms with Crippen LogP contribution in [0.5, 0.6) is 0 Å². The zero-order chi connectivity index (χ0) is 13.9. The van der Waals surface area contributed by atoms with Crippen LogP contribution in [0.25, 0.3) is 0 Å². The Morgan fingerprint density at radius 2 is 2.30 bits per heavy atom. The normalized spacial score (nSPS) is 26.5. The molecule has 0 aromatic carbocycles. The number of rotatable bonds is 2. The van der Waals surface area contributed by atoms with Crippen molar-refractivity contribution in [1.29, 1.82) is 5.26 Å². The highest BCUT2D eigenvalue weighted by atomic mass is 35.5. The number of pyridine rings is 1. The van der Waals surface area contributed by atoms with Gasteiger partial charge >= 0.3 is 0 Å². The highest BCUT2D eigenvalue weighted by Gasteiger charge is 2.34. The third kappa shape index (κ3) is 2.48. The fraction of sp³-hybridized carbons (Fsp3) is 0.600. The van der Waals surface area contributed by atoms with Gasteiger partial charge in [0.05, 0.1) is 12.2 Å². The molecule has 106 valence electrons. The van der Waals surface area contributed by atoms with E-state index in [1.54, 1.807) is 12.3 Å². The summed E-state index contributed by atoms with van der Waals surface area (Å²) in [6, 6.07) is 4.24. The lowest BCUT2D eigenvalue weighted by Gasteiger charge is -2.35. The van der Waals surface area contributed by atoms with Crippen LogP contribution in [0.4, 0.5) is 5.82 Å². The fourth-order valence-electron chi connectivity index (χ4n) is 3.33. The van der Waals surface area contributed by atoms with Crippen molar-refractivity contribution in [2.24, 2.45) is 5.92 Å². The maximum atomic E-state index is 9.10. The van der Waals surface area contributed by atoms with Gasteiger partial charge < -0.3 is 9.64 Å². The number of aromatic nitrogens is 1. The van der Waals surface area contributed by atoms with Crippen LogP contribution < -0.4 is 4.90 Å². The van der Waals surface area contributed by atoms with Gasteiger partial charge in [-0.2, -0.15) is 5.26 Å². The van der Waals surface area contributed by atoms with Gasteiger partial charge in [-0.15, -0.1) is 0 Å². The minimum atomic E-state index is 0.439. The number of hydrogen-bond donors (Lipinski definition) is 0. The van der Waals surface area contributed by atoms with Crippen molar-refractivity contribution >= 4 is 17.4 Å². The van der Waals surface area contributed by atoms with E-state index in [1.165, 1.54) is 6.42 Å². The van der Waals surface area contributed by atoms with Crippen LogP contribution in [0.15, 0.2) is 12.3 Å². The summed E-state index contributed by atoms with van der Waals surface area (Å²) in [6.45, 7) is 2.67. The summed E-state index contributed by atoms with van der Waals surface area (Å²) >= 11 is 6.34. The lowest BCUT2D eigenvalue weighted by Crippen LogP contribution is -2.40. The molecule has 2 aliphatic heterocycles. The van der Waals surface area contributed by atoms with Crippen LogP contribution >= 0.6 is 11.6 Å². The third-order valence-corrected chi connectivity index (χ3v) is 4.67. The Morgan fingerprint density at radius 3 is 3.05 bits per heavy atom. The zero-order valence-corrected chi connectivity index (χ0v) is 12.1. The second-order valence-electron chi connectivity index (χ2n) is 5.49. The van der Waals surface area contributed by atoms with Crippen molar-refractivity contribution < 1.29 is 4.74 Å². The van der Waals surface area contributed by atoms with E-state index in [0.717, 1.165) is 44.8 Å². The summed E-state index contributed by atoms with van der Waals surface area (Å²) in [4.78, 5) is 6.70. The monoisotopic (exact) mass is 291 g/mol. The maximum absolute atomic E-state index is 9.10. The van der Waals surface area contributed by atoms with Gasteiger partial charge in [-0.1, -0.05) is 11.6 Å². The highest BCUT2D eigenvalue weighted by Crippen LogP contribution is 2.36. The summed E-state index contributed by atoms with van der Waals surface area (Å²) in [5, 5.41) is 9.58. The van der Waals surface area contributed by atoms with E-state index >= 15 is 0 Å². The van der Waals surface area contributed by atoms with Crippen molar-refractivity contribution in [2.75, 3.05) is 24.7 Å². The largest absolute Gasteiger partial charge is 0.381 e. The molecular formula is C15H18ClN3O. The number of hydrogen-bond acceptors (Lipinski definition) is 4. The molecule has 2 aliphatic rings. The predicted octanol–water partition coefficient (Wildman–Crippen LogP) is 3.00. The number of nitriles is 1. The van der Waals surface area contributed by atoms with E-state index in [1.807, 2.05) is 0 Å². The van der Waals surface area contributed by atoms with Gasteiger partial charge in [0, 0.05) is 31.3 Å². The zero-order valence-electron chi connectivity index (χ0n) is 11.4. The van der Waals surface area contributed by atoms with Gasteiger partial charge in [0.15, 0.2) is 0 Å². The number of nitrogens with zero attached hydrogens (tertiary/aromatic N) is 3. The Bertz CT molecular complexity index is 522. The molecule has 0 N–H and O–H groups in total. The first kappa shape index (κ1) is 13.7. The molecule has 20 heavy (non-hydrogen) atoms. The van der Waals surface area contributed by atoms with Gasteiger partial charge in [0.1, 0.15) is 16.9 Å². The van der Waals surface area contributed by atoms with Gasteiger partial charge in [0.25, 0.3) is 0 Å². The van der Waals surface area contributed by atoms with Gasteiger partial charge in [-0.25, -0.2) is 4.98 Å². The van der Waals surface area contributed by atoms with Crippen molar-refractivity contribution in [2.45, 2.75) is 31.7 Å². The fourth-order valence-corrected chi connectivity index (χ4v) is 3.60. The predicted molar refractivity (Wildman–Crippen MR) is 77.9 cm³/mol. The average molecular weight is 292 g/mol. The molecule has 1 aromatic rings. The summed E-state index contributed by atoms with van der Waals surface area (Å²) in [7, 11) is 0. The molecule has 0 spiro atoms. The molecule has 2 saturated heterocycles. The number of ether oxygens (including phenoxy) is 1. The lowest BCUT2D eigenvalue weighted by molar-refractivity contribution is 0.0454. The van der Waals surface area contributed by atoms with Gasteiger partial charge in [-0.05, 0) is 31.7 Å². The van der Waals surface area contributed by atoms with Gasteiger partial charge in [0.2, 0.25) is 0 Å². The summed E-state index contributed by atoms with van der Waals surface area (Å²) in [5.41, 5.74) is 0.502. The second-order valence-corrected chi connectivity index (χ2v) is 5.87. The quantitative estimate of drug-likeness (QED) is 0.840. The molecule has 5 heteroatoms. The smallest absolute Gasteiger partial charge is 0.148 e. The Morgan fingerprint density at radius 1 is 1.40 bits per heavy atom. The Balaban J connectivity index is 1.87. The third-order valence-electron chi connectivity index (χ3n) is 4.30. The standard InChI is InChI=1S/C15H18ClN3O/c16-14-11(9-17)5-6-18-15(14)19-7-1-4-13(19)12-3-2-8-20-10-12/h5-6,12-13H,1-4,7-8,10H2. The SMILES string of the molecule is N#Cc1ccnc(N2CCCC2C2CCCOC2)c1Cl. The summed E-state index contributed by atoms with van der Waals surface area (Å²) in [6.07, 6.45) is 6.32. The molecule has 0 amide bonds. The van der Waals surface area contributed by atoms with E-state index in [-0.39, 0.29) is 0 Å². The first-order valence-corrected chi connectivity index (χ1v) is 7.58. The second kappa shape index (κ2) is 5.99. The molecule has 1 aromatic heterocycles. The maximum Gasteiger partial charge on any atom is 0.148 e. The topological polar surface area (TPSA) is 49.2 Å². The Hall–Kier alpha value is -1.31. The molecule has 2 unspecified atom stereocenters. The van der Waals surface area contributed by atoms with Crippen LogP contribution in [-0.2, 0) is 4.74 Å². The number of halogens is 1. The average Bonchev–Trinajstić information content (AvgIpc) is 2.97. The van der Waals surface area contributed by atoms with Crippen LogP contribution in [0.1, 0.15) is 31.2 Å². The van der Waals surface area contributed by atoms with Crippen LogP contribution in [0.3, 0.4) is 0 Å². The molecule has 2 fully saturated rings. The molecule has 4 nitrogen and oxygen atoms in total. The molecule has 2 atom stereocenters. The molecule has 0 saturated carbocycles. The highest BCUT2D eigenvalue weighted by molar-refractivity contribution is 6.34. The first-order chi connectivity index (χ1) is 9.81. The summed E-state index contributed by atoms with van der Waals surface area (Å²) < 4.78 is 5.62. The Kier molecular flexibility index (Phi) is 4.09. The lowest BCUT2D eigenvalue weighted by atomic mass is 9.92. The molecule has 0 bridgehead atoms. The van der Waals surface area contributed by atoms with Crippen molar-refractivity contribution in [3.63, 3.8) is 0 Å². The van der Waals surface area contributed by atoms with E-state index in [0.29, 0.717) is 22.5 Å². The Labute approximate surface area is 124 Å². The van der Waals surface area contributed by atoms with E-state index < -0.39 is 0 Å². The van der Waals surface area contributed by atoms with Crippen LogP contribution in [0.2, 0.25) is 5.02 Å². The molecular weight excluding hydrogens is 274 g/mol. The number of anilines is 1. The molecule has 0 aliphatic carbocycles. The van der Waals surface area contributed by atoms with Crippen molar-refractivity contribution in [1.82, 2.24) is 4.98 Å². The molecule has 3 rings (SSSR count). The molecule has 0 radical (unpaired) electrons.